The number of halogens is 1. The highest BCUT2D eigenvalue weighted by molar-refractivity contribution is 9.10. The lowest BCUT2D eigenvalue weighted by Gasteiger charge is -2.26. The minimum atomic E-state index is -1.01. The number of urea groups is 1. The minimum Gasteiger partial charge on any atom is -0.478 e. The average molecular weight is 508 g/mol. The van der Waals surface area contributed by atoms with E-state index in [1.807, 2.05) is 24.5 Å². The van der Waals surface area contributed by atoms with Crippen molar-refractivity contribution in [1.82, 2.24) is 9.88 Å². The number of carboxylic acids is 1. The van der Waals surface area contributed by atoms with E-state index >= 15 is 0 Å². The van der Waals surface area contributed by atoms with Crippen LogP contribution in [-0.4, -0.2) is 33.5 Å². The Hall–Kier alpha value is -3.98. The van der Waals surface area contributed by atoms with Gasteiger partial charge in [0.25, 0.3) is 11.8 Å². The van der Waals surface area contributed by atoms with Crippen molar-refractivity contribution in [2.45, 2.75) is 13.8 Å². The molecule has 1 saturated heterocycles. The summed E-state index contributed by atoms with van der Waals surface area (Å²) in [6.45, 7) is 3.69. The van der Waals surface area contributed by atoms with E-state index in [2.05, 4.69) is 21.2 Å². The van der Waals surface area contributed by atoms with Crippen molar-refractivity contribution in [3.8, 4) is 5.69 Å². The molecule has 4 amide bonds. The molecule has 2 heterocycles. The van der Waals surface area contributed by atoms with Gasteiger partial charge in [0.15, 0.2) is 0 Å². The predicted molar refractivity (Wildman–Crippen MR) is 125 cm³/mol. The molecular weight excluding hydrogens is 490 g/mol. The molecule has 9 heteroatoms. The Morgan fingerprint density at radius 1 is 1.00 bits per heavy atom. The van der Waals surface area contributed by atoms with Crippen molar-refractivity contribution in [3.05, 3.63) is 87.2 Å². The summed E-state index contributed by atoms with van der Waals surface area (Å²) in [4.78, 5) is 50.1. The lowest BCUT2D eigenvalue weighted by Crippen LogP contribution is -2.54. The molecule has 0 spiro atoms. The van der Waals surface area contributed by atoms with E-state index in [0.717, 1.165) is 22.0 Å². The molecule has 1 aliphatic heterocycles. The zero-order chi connectivity index (χ0) is 23.9. The fraction of sp³-hybridized carbons (Fsp3) is 0.0833. The van der Waals surface area contributed by atoms with Crippen LogP contribution in [0.5, 0.6) is 0 Å². The maximum Gasteiger partial charge on any atom is 0.335 e. The van der Waals surface area contributed by atoms with Gasteiger partial charge in [-0.1, -0.05) is 22.0 Å². The number of hydrogen-bond acceptors (Lipinski definition) is 4. The summed E-state index contributed by atoms with van der Waals surface area (Å²) >= 11 is 3.32. The van der Waals surface area contributed by atoms with E-state index in [9.17, 15) is 19.2 Å². The second-order valence-electron chi connectivity index (χ2n) is 7.45. The van der Waals surface area contributed by atoms with Crippen LogP contribution in [0.4, 0.5) is 10.5 Å². The molecule has 0 radical (unpaired) electrons. The number of nitrogens with one attached hydrogen (secondary N) is 1. The number of anilines is 1. The smallest absolute Gasteiger partial charge is 0.335 e. The number of aromatic carboxylic acids is 1. The van der Waals surface area contributed by atoms with Crippen LogP contribution in [0, 0.1) is 13.8 Å². The van der Waals surface area contributed by atoms with Crippen molar-refractivity contribution in [2.24, 2.45) is 0 Å². The number of carbonyl (C=O) groups is 4. The summed E-state index contributed by atoms with van der Waals surface area (Å²) in [7, 11) is 0. The standard InChI is InChI=1S/C24H18BrN3O5/c1-13-10-16(14(2)27(13)18-8-6-15(7-9-18)23(31)32)11-20-21(29)26-24(33)28(22(20)30)19-5-3-4-17(25)12-19/h3-12H,1-2H3,(H,31,32)(H,26,29,33). The van der Waals surface area contributed by atoms with Gasteiger partial charge in [0.2, 0.25) is 0 Å². The maximum atomic E-state index is 13.1. The largest absolute Gasteiger partial charge is 0.478 e. The quantitative estimate of drug-likeness (QED) is 0.405. The van der Waals surface area contributed by atoms with Crippen LogP contribution in [0.3, 0.4) is 0 Å². The Kier molecular flexibility index (Phi) is 5.73. The number of aryl methyl sites for hydroxylation is 1. The summed E-state index contributed by atoms with van der Waals surface area (Å²) in [5.74, 6) is -2.51. The molecule has 0 unspecified atom stereocenters. The molecule has 1 fully saturated rings. The number of rotatable bonds is 4. The lowest BCUT2D eigenvalue weighted by molar-refractivity contribution is -0.122. The molecule has 2 aromatic carbocycles. The fourth-order valence-corrected chi connectivity index (χ4v) is 4.13. The first-order chi connectivity index (χ1) is 15.7. The van der Waals surface area contributed by atoms with Crippen molar-refractivity contribution < 1.29 is 24.3 Å². The van der Waals surface area contributed by atoms with Gasteiger partial charge in [-0.15, -0.1) is 0 Å². The van der Waals surface area contributed by atoms with E-state index < -0.39 is 23.8 Å². The van der Waals surface area contributed by atoms with Crippen LogP contribution < -0.4 is 10.2 Å². The van der Waals surface area contributed by atoms with E-state index in [1.165, 1.54) is 18.2 Å². The third-order valence-electron chi connectivity index (χ3n) is 5.31. The molecule has 3 aromatic rings. The van der Waals surface area contributed by atoms with Gasteiger partial charge in [-0.05, 0) is 74.0 Å². The molecule has 0 aliphatic carbocycles. The first-order valence-corrected chi connectivity index (χ1v) is 10.7. The molecule has 2 N–H and O–H groups in total. The monoisotopic (exact) mass is 507 g/mol. The first kappa shape index (κ1) is 22.2. The zero-order valence-electron chi connectivity index (χ0n) is 17.6. The van der Waals surface area contributed by atoms with E-state index in [1.54, 1.807) is 36.4 Å². The normalized spacial score (nSPS) is 15.2. The molecule has 8 nitrogen and oxygen atoms in total. The van der Waals surface area contributed by atoms with Crippen LogP contribution in [0.2, 0.25) is 0 Å². The van der Waals surface area contributed by atoms with Gasteiger partial charge in [-0.3, -0.25) is 14.9 Å². The molecule has 0 saturated carbocycles. The number of benzene rings is 2. The second-order valence-corrected chi connectivity index (χ2v) is 8.37. The van der Waals surface area contributed by atoms with Crippen LogP contribution in [-0.2, 0) is 9.59 Å². The van der Waals surface area contributed by atoms with Crippen LogP contribution in [0.25, 0.3) is 11.8 Å². The van der Waals surface area contributed by atoms with Gasteiger partial charge in [0.1, 0.15) is 5.57 Å². The van der Waals surface area contributed by atoms with E-state index in [-0.39, 0.29) is 11.1 Å². The summed E-state index contributed by atoms with van der Waals surface area (Å²) in [5, 5.41) is 11.3. The van der Waals surface area contributed by atoms with E-state index in [0.29, 0.717) is 15.7 Å². The Balaban J connectivity index is 1.74. The Morgan fingerprint density at radius 2 is 1.70 bits per heavy atom. The molecule has 0 bridgehead atoms. The Labute approximate surface area is 197 Å². The minimum absolute atomic E-state index is 0.170. The number of amides is 4. The van der Waals surface area contributed by atoms with Crippen LogP contribution >= 0.6 is 15.9 Å². The number of hydrogen-bond donors (Lipinski definition) is 2. The number of carbonyl (C=O) groups excluding carboxylic acids is 3. The highest BCUT2D eigenvalue weighted by Gasteiger charge is 2.37. The summed E-state index contributed by atoms with van der Waals surface area (Å²) < 4.78 is 2.57. The van der Waals surface area contributed by atoms with Crippen molar-refractivity contribution in [1.29, 1.82) is 0 Å². The van der Waals surface area contributed by atoms with Crippen molar-refractivity contribution in [3.63, 3.8) is 0 Å². The number of carboxylic acid groups (broad SMARTS) is 1. The number of imide groups is 2. The van der Waals surface area contributed by atoms with Crippen molar-refractivity contribution in [2.75, 3.05) is 4.90 Å². The first-order valence-electron chi connectivity index (χ1n) is 9.87. The van der Waals surface area contributed by atoms with Gasteiger partial charge >= 0.3 is 12.0 Å². The Morgan fingerprint density at radius 3 is 2.33 bits per heavy atom. The average Bonchev–Trinajstić information content (AvgIpc) is 3.04. The van der Waals surface area contributed by atoms with Crippen molar-refractivity contribution >= 4 is 51.5 Å². The van der Waals surface area contributed by atoms with Gasteiger partial charge in [0, 0.05) is 21.5 Å². The maximum absolute atomic E-state index is 13.1. The molecule has 0 atom stereocenters. The summed E-state index contributed by atoms with van der Waals surface area (Å²) in [6, 6.07) is 14.0. The second kappa shape index (κ2) is 8.51. The Bertz CT molecular complexity index is 1350. The third-order valence-corrected chi connectivity index (χ3v) is 5.80. The van der Waals surface area contributed by atoms with Gasteiger partial charge < -0.3 is 9.67 Å². The number of barbiturate groups is 1. The molecule has 1 aromatic heterocycles. The number of nitrogens with zero attached hydrogens (tertiary/aromatic N) is 2. The van der Waals surface area contributed by atoms with Gasteiger partial charge in [-0.2, -0.15) is 0 Å². The zero-order valence-corrected chi connectivity index (χ0v) is 19.2. The third kappa shape index (κ3) is 4.10. The number of aromatic nitrogens is 1. The van der Waals surface area contributed by atoms with Gasteiger partial charge in [0.05, 0.1) is 11.3 Å². The molecule has 1 aliphatic rings. The summed E-state index contributed by atoms with van der Waals surface area (Å²) in [5.41, 5.74) is 3.26. The van der Waals surface area contributed by atoms with Crippen LogP contribution in [0.15, 0.2) is 64.6 Å². The fourth-order valence-electron chi connectivity index (χ4n) is 3.75. The summed E-state index contributed by atoms with van der Waals surface area (Å²) in [6.07, 6.45) is 1.46. The molecule has 33 heavy (non-hydrogen) atoms. The highest BCUT2D eigenvalue weighted by atomic mass is 79.9. The van der Waals surface area contributed by atoms with Gasteiger partial charge in [-0.25, -0.2) is 14.5 Å². The topological polar surface area (TPSA) is 109 Å². The highest BCUT2D eigenvalue weighted by Crippen LogP contribution is 2.27. The molecule has 166 valence electrons. The van der Waals surface area contributed by atoms with Crippen LogP contribution in [0.1, 0.15) is 27.3 Å². The SMILES string of the molecule is Cc1cc(C=C2C(=O)NC(=O)N(c3cccc(Br)c3)C2=O)c(C)n1-c1ccc(C(=O)O)cc1. The molecular formula is C24H18BrN3O5. The lowest BCUT2D eigenvalue weighted by atomic mass is 10.1. The predicted octanol–water partition coefficient (Wildman–Crippen LogP) is 4.22. The molecule has 4 rings (SSSR count). The van der Waals surface area contributed by atoms with E-state index in [4.69, 9.17) is 5.11 Å².